The first kappa shape index (κ1) is 19.2. The molecule has 0 saturated heterocycles. The molecule has 0 atom stereocenters. The number of fused-ring (bicyclic) bond motifs is 1. The third-order valence-electron chi connectivity index (χ3n) is 4.08. The van der Waals surface area contributed by atoms with Gasteiger partial charge >= 0.3 is 0 Å². The molecule has 2 aromatic rings. The molecule has 3 amide bonds. The van der Waals surface area contributed by atoms with Gasteiger partial charge in [0.25, 0.3) is 0 Å². The number of amides is 3. The van der Waals surface area contributed by atoms with Crippen molar-refractivity contribution >= 4 is 29.1 Å². The molecule has 0 unspecified atom stereocenters. The van der Waals surface area contributed by atoms with Gasteiger partial charge in [0.2, 0.25) is 24.5 Å². The van der Waals surface area contributed by atoms with Gasteiger partial charge in [0.1, 0.15) is 6.54 Å². The van der Waals surface area contributed by atoms with Crippen LogP contribution in [-0.4, -0.2) is 36.0 Å². The lowest BCUT2D eigenvalue weighted by Gasteiger charge is -2.21. The second-order valence-electron chi connectivity index (χ2n) is 6.37. The second kappa shape index (κ2) is 8.43. The predicted molar refractivity (Wildman–Crippen MR) is 103 cm³/mol. The van der Waals surface area contributed by atoms with Crippen LogP contribution in [0.2, 0.25) is 0 Å². The van der Waals surface area contributed by atoms with E-state index >= 15 is 0 Å². The summed E-state index contributed by atoms with van der Waals surface area (Å²) in [7, 11) is 0. The normalized spacial score (nSPS) is 11.6. The van der Waals surface area contributed by atoms with Crippen LogP contribution in [0, 0.1) is 0 Å². The lowest BCUT2D eigenvalue weighted by Crippen LogP contribution is -2.36. The number of hydrogen-bond donors (Lipinski definition) is 2. The minimum absolute atomic E-state index is 0.0861. The molecule has 0 aromatic heterocycles. The molecular formula is C20H21N3O5. The largest absolute Gasteiger partial charge is 0.454 e. The molecule has 0 bridgehead atoms. The standard InChI is InChI=1S/C20H21N3O5/c1-13(24)21-16-4-6-17(7-5-16)22-20(26)11-23(14(2)25)10-15-3-8-18-19(9-15)28-12-27-18/h3-9H,10-12H2,1-2H3,(H,21,24)(H,22,26). The maximum Gasteiger partial charge on any atom is 0.244 e. The molecule has 2 N–H and O–H groups in total. The fraction of sp³-hybridized carbons (Fsp3) is 0.250. The number of nitrogens with one attached hydrogen (secondary N) is 2. The van der Waals surface area contributed by atoms with Crippen molar-refractivity contribution in [3.05, 3.63) is 48.0 Å². The molecule has 3 rings (SSSR count). The molecule has 0 aliphatic carbocycles. The Kier molecular flexibility index (Phi) is 5.78. The van der Waals surface area contributed by atoms with Gasteiger partial charge < -0.3 is 25.0 Å². The zero-order valence-electron chi connectivity index (χ0n) is 15.7. The SMILES string of the molecule is CC(=O)Nc1ccc(NC(=O)CN(Cc2ccc3c(c2)OCO3)C(C)=O)cc1. The highest BCUT2D eigenvalue weighted by molar-refractivity contribution is 5.95. The van der Waals surface area contributed by atoms with Crippen LogP contribution in [-0.2, 0) is 20.9 Å². The number of ether oxygens (including phenoxy) is 2. The zero-order chi connectivity index (χ0) is 20.1. The van der Waals surface area contributed by atoms with Crippen molar-refractivity contribution in [3.63, 3.8) is 0 Å². The van der Waals surface area contributed by atoms with Crippen molar-refractivity contribution in [2.75, 3.05) is 24.0 Å². The average molecular weight is 383 g/mol. The first-order valence-corrected chi connectivity index (χ1v) is 8.72. The Bertz CT molecular complexity index is 895. The third kappa shape index (κ3) is 5.00. The summed E-state index contributed by atoms with van der Waals surface area (Å²) in [4.78, 5) is 36.8. The van der Waals surface area contributed by atoms with Crippen LogP contribution in [0.1, 0.15) is 19.4 Å². The fourth-order valence-electron chi connectivity index (χ4n) is 2.75. The molecule has 8 nitrogen and oxygen atoms in total. The van der Waals surface area contributed by atoms with Gasteiger partial charge in [0.15, 0.2) is 11.5 Å². The van der Waals surface area contributed by atoms with E-state index < -0.39 is 0 Å². The maximum absolute atomic E-state index is 12.3. The molecule has 0 spiro atoms. The van der Waals surface area contributed by atoms with Gasteiger partial charge in [0, 0.05) is 31.8 Å². The minimum atomic E-state index is -0.316. The van der Waals surface area contributed by atoms with E-state index in [4.69, 9.17) is 9.47 Å². The van der Waals surface area contributed by atoms with Crippen LogP contribution in [0.25, 0.3) is 0 Å². The summed E-state index contributed by atoms with van der Waals surface area (Å²) < 4.78 is 10.6. The monoisotopic (exact) mass is 383 g/mol. The van der Waals surface area contributed by atoms with E-state index in [1.807, 2.05) is 6.07 Å². The number of carbonyl (C=O) groups is 3. The summed E-state index contributed by atoms with van der Waals surface area (Å²) in [5, 5.41) is 5.40. The molecule has 0 fully saturated rings. The molecule has 0 saturated carbocycles. The minimum Gasteiger partial charge on any atom is -0.454 e. The van der Waals surface area contributed by atoms with Crippen LogP contribution in [0.5, 0.6) is 11.5 Å². The molecule has 28 heavy (non-hydrogen) atoms. The summed E-state index contributed by atoms with van der Waals surface area (Å²) in [5.41, 5.74) is 2.05. The zero-order valence-corrected chi connectivity index (χ0v) is 15.7. The van der Waals surface area contributed by atoms with Gasteiger partial charge in [-0.1, -0.05) is 6.07 Å². The third-order valence-corrected chi connectivity index (χ3v) is 4.08. The van der Waals surface area contributed by atoms with E-state index in [1.54, 1.807) is 36.4 Å². The fourth-order valence-corrected chi connectivity index (χ4v) is 2.75. The van der Waals surface area contributed by atoms with Crippen LogP contribution >= 0.6 is 0 Å². The Balaban J connectivity index is 1.60. The Morgan fingerprint density at radius 2 is 1.57 bits per heavy atom. The summed E-state index contributed by atoms with van der Waals surface area (Å²) in [5.74, 6) is 0.595. The van der Waals surface area contributed by atoms with Crippen LogP contribution in [0.3, 0.4) is 0 Å². The molecule has 1 aliphatic heterocycles. The molecule has 146 valence electrons. The van der Waals surface area contributed by atoms with E-state index in [2.05, 4.69) is 10.6 Å². The number of hydrogen-bond acceptors (Lipinski definition) is 5. The summed E-state index contributed by atoms with van der Waals surface area (Å²) in [6.07, 6.45) is 0. The van der Waals surface area contributed by atoms with E-state index in [1.165, 1.54) is 18.7 Å². The number of anilines is 2. The van der Waals surface area contributed by atoms with Crippen LogP contribution in [0.4, 0.5) is 11.4 Å². The number of rotatable bonds is 6. The molecule has 8 heteroatoms. The smallest absolute Gasteiger partial charge is 0.244 e. The van der Waals surface area contributed by atoms with Crippen LogP contribution < -0.4 is 20.1 Å². The Morgan fingerprint density at radius 3 is 2.21 bits per heavy atom. The summed E-state index contributed by atoms with van der Waals surface area (Å²) in [6.45, 7) is 3.21. The first-order chi connectivity index (χ1) is 13.4. The summed E-state index contributed by atoms with van der Waals surface area (Å²) in [6, 6.07) is 12.2. The van der Waals surface area contributed by atoms with Gasteiger partial charge in [-0.25, -0.2) is 0 Å². The Labute approximate surface area is 162 Å². The van der Waals surface area contributed by atoms with Crippen molar-refractivity contribution in [2.45, 2.75) is 20.4 Å². The van der Waals surface area contributed by atoms with E-state index in [0.717, 1.165) is 5.56 Å². The van der Waals surface area contributed by atoms with E-state index in [-0.39, 0.29) is 37.6 Å². The van der Waals surface area contributed by atoms with Crippen molar-refractivity contribution in [1.29, 1.82) is 0 Å². The first-order valence-electron chi connectivity index (χ1n) is 8.72. The van der Waals surface area contributed by atoms with E-state index in [9.17, 15) is 14.4 Å². The molecule has 1 aliphatic rings. The van der Waals surface area contributed by atoms with Gasteiger partial charge in [0.05, 0.1) is 0 Å². The highest BCUT2D eigenvalue weighted by Gasteiger charge is 2.18. The Hall–Kier alpha value is -3.55. The van der Waals surface area contributed by atoms with Gasteiger partial charge in [-0.15, -0.1) is 0 Å². The quantitative estimate of drug-likeness (QED) is 0.798. The molecule has 0 radical (unpaired) electrons. The van der Waals surface area contributed by atoms with Crippen molar-refractivity contribution < 1.29 is 23.9 Å². The van der Waals surface area contributed by atoms with Gasteiger partial charge in [-0.05, 0) is 42.0 Å². The second-order valence-corrected chi connectivity index (χ2v) is 6.37. The predicted octanol–water partition coefficient (Wildman–Crippen LogP) is 2.36. The molecular weight excluding hydrogens is 362 g/mol. The van der Waals surface area contributed by atoms with Gasteiger partial charge in [-0.2, -0.15) is 0 Å². The van der Waals surface area contributed by atoms with Crippen molar-refractivity contribution in [3.8, 4) is 11.5 Å². The average Bonchev–Trinajstić information content (AvgIpc) is 3.10. The molecule has 2 aromatic carbocycles. The highest BCUT2D eigenvalue weighted by atomic mass is 16.7. The topological polar surface area (TPSA) is 97.0 Å². The molecule has 1 heterocycles. The van der Waals surface area contributed by atoms with Crippen LogP contribution in [0.15, 0.2) is 42.5 Å². The van der Waals surface area contributed by atoms with Crippen molar-refractivity contribution in [1.82, 2.24) is 4.90 Å². The highest BCUT2D eigenvalue weighted by Crippen LogP contribution is 2.32. The van der Waals surface area contributed by atoms with E-state index in [0.29, 0.717) is 22.9 Å². The number of benzene rings is 2. The lowest BCUT2D eigenvalue weighted by molar-refractivity contribution is -0.133. The number of nitrogens with zero attached hydrogens (tertiary/aromatic N) is 1. The lowest BCUT2D eigenvalue weighted by atomic mass is 10.2. The van der Waals surface area contributed by atoms with Gasteiger partial charge in [-0.3, -0.25) is 14.4 Å². The van der Waals surface area contributed by atoms with Crippen molar-refractivity contribution in [2.24, 2.45) is 0 Å². The number of carbonyl (C=O) groups excluding carboxylic acids is 3. The Morgan fingerprint density at radius 1 is 0.929 bits per heavy atom. The maximum atomic E-state index is 12.3. The summed E-state index contributed by atoms with van der Waals surface area (Å²) >= 11 is 0.